The molecule has 0 bridgehead atoms. The Kier molecular flexibility index (Phi) is 8.25. The molecule has 0 aliphatic heterocycles. The smallest absolute Gasteiger partial charge is 0.143 e. The summed E-state index contributed by atoms with van der Waals surface area (Å²) in [6.45, 7) is 0. The summed E-state index contributed by atoms with van der Waals surface area (Å²) < 4.78 is 6.81. The van der Waals surface area contributed by atoms with E-state index in [9.17, 15) is 0 Å². The first-order valence-electron chi connectivity index (χ1n) is 22.0. The van der Waals surface area contributed by atoms with Gasteiger partial charge in [0.25, 0.3) is 0 Å². The van der Waals surface area contributed by atoms with Crippen molar-refractivity contribution in [1.29, 1.82) is 0 Å². The van der Waals surface area contributed by atoms with Crippen molar-refractivity contribution in [3.63, 3.8) is 0 Å². The zero-order valence-corrected chi connectivity index (χ0v) is 34.9. The number of benzene rings is 12. The molecule has 2 nitrogen and oxygen atoms in total. The number of hydrogen-bond donors (Lipinski definition) is 0. The van der Waals surface area contributed by atoms with Crippen LogP contribution in [-0.4, -0.2) is 0 Å². The third kappa shape index (κ3) is 5.73. The quantitative estimate of drug-likeness (QED) is 0.156. The van der Waals surface area contributed by atoms with Gasteiger partial charge in [0.2, 0.25) is 0 Å². The van der Waals surface area contributed by atoms with E-state index in [0.717, 1.165) is 55.7 Å². The standard InChI is InChI=1S/C62H39NO/c1-6-21-48-40(15-1)18-13-29-60(48)63(44-33-31-41(32-34-44)57-37-42-16-2-4-19-46(42)49-22-7-9-24-51(49)57)45-35-36-53(58-38-43-17-3-5-20-47(43)50-23-8-10-25-52(50)58)59(39-45)56-28-14-27-55-54-26-11-12-30-61(54)64-62(55)56/h1-39H. The van der Waals surface area contributed by atoms with Crippen LogP contribution in [-0.2, 0) is 0 Å². The fourth-order valence-electron chi connectivity index (χ4n) is 10.3. The van der Waals surface area contributed by atoms with E-state index in [4.69, 9.17) is 4.42 Å². The second-order valence-corrected chi connectivity index (χ2v) is 16.8. The van der Waals surface area contributed by atoms with Crippen LogP contribution in [0.25, 0.3) is 109 Å². The Hall–Kier alpha value is -8.46. The van der Waals surface area contributed by atoms with Crippen LogP contribution in [0.15, 0.2) is 241 Å². The molecular weight excluding hydrogens is 775 g/mol. The van der Waals surface area contributed by atoms with Gasteiger partial charge in [0.05, 0.1) is 5.69 Å². The highest BCUT2D eigenvalue weighted by atomic mass is 16.3. The van der Waals surface area contributed by atoms with Gasteiger partial charge in [0, 0.05) is 33.1 Å². The molecule has 0 aliphatic carbocycles. The van der Waals surface area contributed by atoms with Crippen LogP contribution in [0.2, 0.25) is 0 Å². The lowest BCUT2D eigenvalue weighted by Crippen LogP contribution is -2.11. The fourth-order valence-corrected chi connectivity index (χ4v) is 10.3. The van der Waals surface area contributed by atoms with Crippen LogP contribution >= 0.6 is 0 Å². The SMILES string of the molecule is c1ccc2c(N(c3ccc(-c4cc5ccccc5c5ccccc45)cc3)c3ccc(-c4cc5ccccc5c5ccccc45)c(-c4cccc5c4oc4ccccc45)c3)cccc2c1. The van der Waals surface area contributed by atoms with Crippen LogP contribution in [0.5, 0.6) is 0 Å². The van der Waals surface area contributed by atoms with Gasteiger partial charge in [-0.2, -0.15) is 0 Å². The number of nitrogens with zero attached hydrogens (tertiary/aromatic N) is 1. The first-order valence-corrected chi connectivity index (χ1v) is 22.0. The maximum absolute atomic E-state index is 6.81. The monoisotopic (exact) mass is 813 g/mol. The van der Waals surface area contributed by atoms with Crippen LogP contribution < -0.4 is 4.90 Å². The van der Waals surface area contributed by atoms with Crippen LogP contribution in [0.1, 0.15) is 0 Å². The number of furan rings is 1. The number of hydrogen-bond acceptors (Lipinski definition) is 2. The van der Waals surface area contributed by atoms with Crippen molar-refractivity contribution in [2.45, 2.75) is 0 Å². The van der Waals surface area contributed by atoms with Gasteiger partial charge in [-0.15, -0.1) is 0 Å². The predicted octanol–water partition coefficient (Wildman–Crippen LogP) is 17.8. The number of rotatable bonds is 6. The van der Waals surface area contributed by atoms with Gasteiger partial charge in [-0.25, -0.2) is 0 Å². The van der Waals surface area contributed by atoms with E-state index in [-0.39, 0.29) is 0 Å². The molecule has 64 heavy (non-hydrogen) atoms. The van der Waals surface area contributed by atoms with Crippen molar-refractivity contribution in [2.75, 3.05) is 4.90 Å². The largest absolute Gasteiger partial charge is 0.455 e. The summed E-state index contributed by atoms with van der Waals surface area (Å²) in [6, 6.07) is 86.1. The third-order valence-corrected chi connectivity index (χ3v) is 13.2. The molecule has 1 aromatic heterocycles. The lowest BCUT2D eigenvalue weighted by Gasteiger charge is -2.28. The summed E-state index contributed by atoms with van der Waals surface area (Å²) in [5.41, 5.74) is 11.9. The van der Waals surface area contributed by atoms with E-state index in [0.29, 0.717) is 0 Å². The Bertz CT molecular complexity index is 3960. The predicted molar refractivity (Wildman–Crippen MR) is 272 cm³/mol. The van der Waals surface area contributed by atoms with Gasteiger partial charge in [0.1, 0.15) is 11.2 Å². The Morgan fingerprint density at radius 2 is 0.781 bits per heavy atom. The Labute approximate surface area is 370 Å². The van der Waals surface area contributed by atoms with Crippen LogP contribution in [0.4, 0.5) is 17.1 Å². The van der Waals surface area contributed by atoms with E-state index in [1.165, 1.54) is 70.6 Å². The highest BCUT2D eigenvalue weighted by Gasteiger charge is 2.22. The Morgan fingerprint density at radius 3 is 1.50 bits per heavy atom. The average molecular weight is 814 g/mol. The van der Waals surface area contributed by atoms with E-state index >= 15 is 0 Å². The second-order valence-electron chi connectivity index (χ2n) is 16.8. The van der Waals surface area contributed by atoms with Gasteiger partial charge in [-0.3, -0.25) is 0 Å². The highest BCUT2D eigenvalue weighted by Crippen LogP contribution is 2.47. The van der Waals surface area contributed by atoms with E-state index in [2.05, 4.69) is 235 Å². The van der Waals surface area contributed by atoms with E-state index < -0.39 is 0 Å². The van der Waals surface area contributed by atoms with Gasteiger partial charge in [-0.05, 0) is 125 Å². The average Bonchev–Trinajstić information content (AvgIpc) is 3.75. The van der Waals surface area contributed by atoms with Crippen LogP contribution in [0.3, 0.4) is 0 Å². The van der Waals surface area contributed by atoms with E-state index in [1.807, 2.05) is 6.07 Å². The number of fused-ring (bicyclic) bond motifs is 10. The molecule has 0 unspecified atom stereocenters. The molecular formula is C62H39NO. The number of anilines is 3. The van der Waals surface area contributed by atoms with Gasteiger partial charge < -0.3 is 9.32 Å². The summed E-state index contributed by atoms with van der Waals surface area (Å²) >= 11 is 0. The fraction of sp³-hybridized carbons (Fsp3) is 0. The zero-order valence-electron chi connectivity index (χ0n) is 34.9. The molecule has 0 saturated heterocycles. The zero-order chi connectivity index (χ0) is 42.1. The molecule has 13 aromatic rings. The molecule has 0 saturated carbocycles. The normalized spacial score (nSPS) is 11.8. The summed E-state index contributed by atoms with van der Waals surface area (Å²) in [4.78, 5) is 2.43. The van der Waals surface area contributed by atoms with Crippen molar-refractivity contribution < 1.29 is 4.42 Å². The van der Waals surface area contributed by atoms with Crippen LogP contribution in [0, 0.1) is 0 Å². The minimum absolute atomic E-state index is 0.885. The van der Waals surface area contributed by atoms with Gasteiger partial charge in [0.15, 0.2) is 0 Å². The second kappa shape index (κ2) is 14.6. The first kappa shape index (κ1) is 36.2. The number of para-hydroxylation sites is 2. The van der Waals surface area contributed by atoms with Crippen molar-refractivity contribution >= 4 is 92.9 Å². The minimum Gasteiger partial charge on any atom is -0.455 e. The Morgan fingerprint density at radius 1 is 0.266 bits per heavy atom. The molecule has 0 atom stereocenters. The lowest BCUT2D eigenvalue weighted by molar-refractivity contribution is 0.670. The molecule has 12 aromatic carbocycles. The lowest BCUT2D eigenvalue weighted by atomic mass is 9.88. The molecule has 0 N–H and O–H groups in total. The summed E-state index contributed by atoms with van der Waals surface area (Å²) in [5.74, 6) is 0. The molecule has 298 valence electrons. The Balaban J connectivity index is 1.07. The minimum atomic E-state index is 0.885. The molecule has 1 heterocycles. The summed E-state index contributed by atoms with van der Waals surface area (Å²) in [6.07, 6.45) is 0. The van der Waals surface area contributed by atoms with Crippen molar-refractivity contribution in [2.24, 2.45) is 0 Å². The maximum Gasteiger partial charge on any atom is 0.143 e. The van der Waals surface area contributed by atoms with Crippen molar-refractivity contribution in [3.8, 4) is 33.4 Å². The maximum atomic E-state index is 6.81. The molecule has 2 heteroatoms. The molecule has 0 radical (unpaired) electrons. The molecule has 0 fully saturated rings. The first-order chi connectivity index (χ1) is 31.7. The van der Waals surface area contributed by atoms with Gasteiger partial charge in [-0.1, -0.05) is 188 Å². The van der Waals surface area contributed by atoms with Gasteiger partial charge >= 0.3 is 0 Å². The summed E-state index contributed by atoms with van der Waals surface area (Å²) in [5, 5.41) is 14.5. The molecule has 13 rings (SSSR count). The molecule has 0 spiro atoms. The van der Waals surface area contributed by atoms with Crippen molar-refractivity contribution in [1.82, 2.24) is 0 Å². The van der Waals surface area contributed by atoms with Crippen molar-refractivity contribution in [3.05, 3.63) is 237 Å². The highest BCUT2D eigenvalue weighted by molar-refractivity contribution is 6.17. The molecule has 0 aliphatic rings. The molecule has 0 amide bonds. The topological polar surface area (TPSA) is 16.4 Å². The third-order valence-electron chi connectivity index (χ3n) is 13.2. The summed E-state index contributed by atoms with van der Waals surface area (Å²) in [7, 11) is 0. The van der Waals surface area contributed by atoms with E-state index in [1.54, 1.807) is 0 Å².